The van der Waals surface area contributed by atoms with E-state index in [1.807, 2.05) is 0 Å². The van der Waals surface area contributed by atoms with Crippen molar-refractivity contribution >= 4 is 12.0 Å². The zero-order valence-electron chi connectivity index (χ0n) is 10.5. The summed E-state index contributed by atoms with van der Waals surface area (Å²) in [5.74, 6) is 0.760. The first-order valence-corrected chi connectivity index (χ1v) is 7.24. The summed E-state index contributed by atoms with van der Waals surface area (Å²) in [5.41, 5.74) is 5.09. The predicted octanol–water partition coefficient (Wildman–Crippen LogP) is 4.30. The van der Waals surface area contributed by atoms with Gasteiger partial charge in [0.15, 0.2) is 0 Å². The van der Waals surface area contributed by atoms with E-state index in [9.17, 15) is 0 Å². The molecule has 94 valence electrons. The van der Waals surface area contributed by atoms with Gasteiger partial charge in [0.25, 0.3) is 0 Å². The van der Waals surface area contributed by atoms with E-state index in [4.69, 9.17) is 10.3 Å². The molecule has 0 atom stereocenters. The molecular formula is C12H29NOS. The van der Waals surface area contributed by atoms with Gasteiger partial charge in [0.2, 0.25) is 0 Å². The minimum Gasteiger partial charge on any atom is -0.330 e. The maximum atomic E-state index is 8.06. The van der Waals surface area contributed by atoms with E-state index in [-0.39, 0.29) is 0 Å². The van der Waals surface area contributed by atoms with Gasteiger partial charge in [-0.15, -0.1) is 0 Å². The van der Waals surface area contributed by atoms with Gasteiger partial charge in [0.1, 0.15) is 0 Å². The van der Waals surface area contributed by atoms with E-state index in [0.29, 0.717) is 6.54 Å². The molecule has 0 heterocycles. The van der Waals surface area contributed by atoms with Crippen LogP contribution in [-0.4, -0.2) is 16.9 Å². The highest BCUT2D eigenvalue weighted by Crippen LogP contribution is 2.05. The van der Waals surface area contributed by atoms with Crippen molar-refractivity contribution in [3.8, 4) is 0 Å². The third-order valence-corrected chi connectivity index (χ3v) is 2.62. The molecule has 0 aliphatic rings. The van der Waals surface area contributed by atoms with Crippen molar-refractivity contribution in [2.45, 2.75) is 65.2 Å². The minimum absolute atomic E-state index is 0.674. The zero-order chi connectivity index (χ0) is 11.8. The predicted molar refractivity (Wildman–Crippen MR) is 72.4 cm³/mol. The average molecular weight is 235 g/mol. The van der Waals surface area contributed by atoms with Crippen LogP contribution in [0.4, 0.5) is 0 Å². The lowest BCUT2D eigenvalue weighted by Crippen LogP contribution is -1.98. The quantitative estimate of drug-likeness (QED) is 0.463. The maximum absolute atomic E-state index is 8.06. The van der Waals surface area contributed by atoms with Crippen molar-refractivity contribution in [1.29, 1.82) is 0 Å². The first-order valence-electron chi connectivity index (χ1n) is 6.29. The van der Waals surface area contributed by atoms with Gasteiger partial charge in [0, 0.05) is 5.75 Å². The summed E-state index contributed by atoms with van der Waals surface area (Å²) in [5, 5.41) is 0. The molecule has 0 aliphatic heterocycles. The van der Waals surface area contributed by atoms with E-state index in [1.54, 1.807) is 0 Å². The molecule has 0 radical (unpaired) electrons. The molecule has 0 aliphatic carbocycles. The highest BCUT2D eigenvalue weighted by Gasteiger charge is 1.85. The maximum Gasteiger partial charge on any atom is 0.0207 e. The second-order valence-corrected chi connectivity index (χ2v) is 4.41. The molecule has 0 aromatic heterocycles. The summed E-state index contributed by atoms with van der Waals surface area (Å²) in [7, 11) is 0. The Bertz CT molecular complexity index is 81.7. The average Bonchev–Trinajstić information content (AvgIpc) is 2.27. The first-order chi connectivity index (χ1) is 7.33. The van der Waals surface area contributed by atoms with Crippen LogP contribution in [0.5, 0.6) is 0 Å². The van der Waals surface area contributed by atoms with Gasteiger partial charge in [-0.3, -0.25) is 0 Å². The molecule has 0 fully saturated rings. The van der Waals surface area contributed by atoms with Gasteiger partial charge in [-0.2, -0.15) is 0 Å². The van der Waals surface area contributed by atoms with E-state index in [2.05, 4.69) is 13.8 Å². The smallest absolute Gasteiger partial charge is 0.0207 e. The second-order valence-electron chi connectivity index (χ2n) is 3.74. The fourth-order valence-electron chi connectivity index (χ4n) is 1.18. The molecule has 0 saturated heterocycles. The summed E-state index contributed by atoms with van der Waals surface area (Å²) in [4.78, 5) is 0. The molecule has 0 rings (SSSR count). The van der Waals surface area contributed by atoms with Crippen LogP contribution >= 0.6 is 12.0 Å². The van der Waals surface area contributed by atoms with Gasteiger partial charge in [-0.25, -0.2) is 0 Å². The fraction of sp³-hybridized carbons (Fsp3) is 1.00. The molecule has 0 bridgehead atoms. The van der Waals surface area contributed by atoms with Crippen LogP contribution < -0.4 is 5.73 Å². The molecular weight excluding hydrogens is 206 g/mol. The Kier molecular flexibility index (Phi) is 23.3. The van der Waals surface area contributed by atoms with Gasteiger partial charge < -0.3 is 10.3 Å². The molecule has 2 nitrogen and oxygen atoms in total. The number of hydrogen-bond acceptors (Lipinski definition) is 3. The lowest BCUT2D eigenvalue weighted by atomic mass is 10.1. The van der Waals surface area contributed by atoms with Gasteiger partial charge in [-0.05, 0) is 25.0 Å². The van der Waals surface area contributed by atoms with Crippen molar-refractivity contribution in [2.24, 2.45) is 5.73 Å². The molecule has 0 aromatic carbocycles. The van der Waals surface area contributed by atoms with E-state index in [1.165, 1.54) is 44.9 Å². The number of unbranched alkanes of at least 4 members (excludes halogenated alkanes) is 6. The standard InChI is InChI=1S/C9H20.C3H9NOS/c1-3-5-7-9-8-6-4-2;4-2-1-3-6-5/h3-9H2,1-2H3;5H,1-4H2. The first kappa shape index (κ1) is 17.7. The topological polar surface area (TPSA) is 46.2 Å². The van der Waals surface area contributed by atoms with Crippen LogP contribution in [0.15, 0.2) is 0 Å². The highest BCUT2D eigenvalue weighted by atomic mass is 32.2. The summed E-state index contributed by atoms with van der Waals surface area (Å²) in [6.07, 6.45) is 10.9. The highest BCUT2D eigenvalue weighted by molar-refractivity contribution is 7.93. The largest absolute Gasteiger partial charge is 0.330 e. The molecule has 3 N–H and O–H groups in total. The van der Waals surface area contributed by atoms with Crippen molar-refractivity contribution in [1.82, 2.24) is 0 Å². The van der Waals surface area contributed by atoms with Crippen LogP contribution in [0, 0.1) is 0 Å². The van der Waals surface area contributed by atoms with Crippen LogP contribution in [0.2, 0.25) is 0 Å². The minimum atomic E-state index is 0.674. The monoisotopic (exact) mass is 235 g/mol. The van der Waals surface area contributed by atoms with Gasteiger partial charge in [0.05, 0.1) is 0 Å². The van der Waals surface area contributed by atoms with Crippen molar-refractivity contribution < 1.29 is 4.55 Å². The lowest BCUT2D eigenvalue weighted by molar-refractivity contribution is 0.602. The lowest BCUT2D eigenvalue weighted by Gasteiger charge is -1.96. The third-order valence-electron chi connectivity index (χ3n) is 2.15. The molecule has 0 unspecified atom stereocenters. The fourth-order valence-corrected chi connectivity index (χ4v) is 1.47. The van der Waals surface area contributed by atoms with Crippen LogP contribution in [0.1, 0.15) is 65.2 Å². The number of nitrogens with two attached hydrogens (primary N) is 1. The van der Waals surface area contributed by atoms with Crippen molar-refractivity contribution in [2.75, 3.05) is 12.3 Å². The summed E-state index contributed by atoms with van der Waals surface area (Å²) in [6, 6.07) is 0. The second kappa shape index (κ2) is 19.8. The number of rotatable bonds is 9. The number of hydrogen-bond donors (Lipinski definition) is 2. The van der Waals surface area contributed by atoms with Crippen LogP contribution in [0.3, 0.4) is 0 Å². The van der Waals surface area contributed by atoms with Crippen LogP contribution in [0.25, 0.3) is 0 Å². The Morgan fingerprint density at radius 2 is 1.33 bits per heavy atom. The molecule has 15 heavy (non-hydrogen) atoms. The van der Waals surface area contributed by atoms with E-state index < -0.39 is 0 Å². The Labute approximate surface area is 100 Å². The Hall–Kier alpha value is 0.270. The summed E-state index contributed by atoms with van der Waals surface area (Å²) in [6.45, 7) is 5.20. The molecule has 0 saturated carbocycles. The normalized spacial score (nSPS) is 9.60. The Morgan fingerprint density at radius 1 is 0.867 bits per heavy atom. The molecule has 0 amide bonds. The van der Waals surface area contributed by atoms with Crippen molar-refractivity contribution in [3.05, 3.63) is 0 Å². The Morgan fingerprint density at radius 3 is 1.60 bits per heavy atom. The molecule has 3 heteroatoms. The Balaban J connectivity index is 0. The summed E-state index contributed by atoms with van der Waals surface area (Å²) >= 11 is 0.846. The van der Waals surface area contributed by atoms with Crippen LogP contribution in [-0.2, 0) is 0 Å². The van der Waals surface area contributed by atoms with Gasteiger partial charge >= 0.3 is 0 Å². The molecule has 0 aromatic rings. The summed E-state index contributed by atoms with van der Waals surface area (Å²) < 4.78 is 8.06. The van der Waals surface area contributed by atoms with Gasteiger partial charge in [-0.1, -0.05) is 58.8 Å². The SMILES string of the molecule is CCCCCCCCC.NCCCSO. The van der Waals surface area contributed by atoms with E-state index >= 15 is 0 Å². The van der Waals surface area contributed by atoms with E-state index in [0.717, 1.165) is 24.2 Å². The third kappa shape index (κ3) is 25.0. The van der Waals surface area contributed by atoms with Crippen molar-refractivity contribution in [3.63, 3.8) is 0 Å². The molecule has 0 spiro atoms. The zero-order valence-corrected chi connectivity index (χ0v) is 11.3.